The van der Waals surface area contributed by atoms with Crippen LogP contribution in [0, 0.1) is 5.92 Å². The number of carbonyl (C=O) groups excluding carboxylic acids is 5. The van der Waals surface area contributed by atoms with Gasteiger partial charge in [-0.25, -0.2) is 18.4 Å². The quantitative estimate of drug-likeness (QED) is 0.0290. The maximum atomic E-state index is 13.1. The lowest BCUT2D eigenvalue weighted by molar-refractivity contribution is -0.144. The second-order valence-electron chi connectivity index (χ2n) is 12.0. The molecule has 2 aromatic heterocycles. The Morgan fingerprint density at radius 1 is 0.836 bits per heavy atom. The molecule has 23 nitrogen and oxygen atoms in total. The average molecular weight is 835 g/mol. The molecular weight excluding hydrogens is 793 g/mol. The number of ketones is 1. The first kappa shape index (κ1) is 46.1. The minimum atomic E-state index is -4.04. The number of unbranched alkanes of at least 4 members (excludes halogenated alkanes) is 1. The highest BCUT2D eigenvalue weighted by molar-refractivity contribution is 7.91. The summed E-state index contributed by atoms with van der Waals surface area (Å²) in [4.78, 5) is 97.8. The van der Waals surface area contributed by atoms with Crippen molar-refractivity contribution in [3.63, 3.8) is 0 Å². The van der Waals surface area contributed by atoms with Crippen molar-refractivity contribution in [3.05, 3.63) is 11.9 Å². The Morgan fingerprint density at radius 2 is 1.49 bits per heavy atom. The van der Waals surface area contributed by atoms with Crippen LogP contribution in [0.3, 0.4) is 0 Å². The van der Waals surface area contributed by atoms with E-state index < -0.39 is 105 Å². The number of amides is 4. The van der Waals surface area contributed by atoms with E-state index in [9.17, 15) is 57.0 Å². The zero-order chi connectivity index (χ0) is 41.3. The van der Waals surface area contributed by atoms with E-state index in [0.29, 0.717) is 42.8 Å². The number of carboxylic acid groups (broad SMARTS) is 3. The van der Waals surface area contributed by atoms with E-state index >= 15 is 0 Å². The van der Waals surface area contributed by atoms with Crippen molar-refractivity contribution in [2.75, 3.05) is 11.1 Å². The molecule has 2 rings (SSSR count). The van der Waals surface area contributed by atoms with E-state index in [2.05, 4.69) is 54.4 Å². The maximum absolute atomic E-state index is 13.1. The van der Waals surface area contributed by atoms with Crippen molar-refractivity contribution in [1.82, 2.24) is 41.1 Å². The number of primary sulfonamides is 1. The van der Waals surface area contributed by atoms with Gasteiger partial charge in [-0.2, -0.15) is 12.6 Å². The molecule has 4 amide bonds. The van der Waals surface area contributed by atoms with E-state index in [-0.39, 0.29) is 36.6 Å². The molecule has 0 radical (unpaired) electrons. The Bertz CT molecular complexity index is 1820. The van der Waals surface area contributed by atoms with Gasteiger partial charge in [-0.1, -0.05) is 23.5 Å². The van der Waals surface area contributed by atoms with Gasteiger partial charge in [0.25, 0.3) is 10.0 Å². The predicted octanol–water partition coefficient (Wildman–Crippen LogP) is -1.69. The number of carboxylic acids is 3. The summed E-state index contributed by atoms with van der Waals surface area (Å²) < 4.78 is 23.7. The molecule has 0 aliphatic carbocycles. The van der Waals surface area contributed by atoms with Gasteiger partial charge in [0.05, 0.1) is 30.5 Å². The fraction of sp³-hybridized carbons (Fsp3) is 0.586. The number of carbonyl (C=O) groups is 8. The molecular formula is C29H42N10O13S3. The molecule has 0 bridgehead atoms. The second kappa shape index (κ2) is 22.3. The van der Waals surface area contributed by atoms with Crippen molar-refractivity contribution in [2.24, 2.45) is 11.1 Å². The number of nitrogens with zero attached hydrogens (tertiary/aromatic N) is 5. The molecule has 2 heterocycles. The van der Waals surface area contributed by atoms with Crippen molar-refractivity contribution >= 4 is 86.4 Å². The fourth-order valence-electron chi connectivity index (χ4n) is 4.75. The van der Waals surface area contributed by atoms with Gasteiger partial charge in [-0.05, 0) is 32.1 Å². The van der Waals surface area contributed by atoms with E-state index in [4.69, 9.17) is 10.2 Å². The van der Waals surface area contributed by atoms with Crippen molar-refractivity contribution in [1.29, 1.82) is 0 Å². The summed E-state index contributed by atoms with van der Waals surface area (Å²) in [5.74, 6) is -10.0. The number of sulfonamides is 1. The molecule has 304 valence electrons. The van der Waals surface area contributed by atoms with Crippen molar-refractivity contribution < 1.29 is 62.1 Å². The van der Waals surface area contributed by atoms with Crippen molar-refractivity contribution in [2.45, 2.75) is 100 Å². The van der Waals surface area contributed by atoms with Gasteiger partial charge < -0.3 is 36.6 Å². The first-order valence-electron chi connectivity index (χ1n) is 16.6. The molecule has 0 saturated carbocycles. The number of rotatable bonds is 26. The molecule has 2 aromatic rings. The summed E-state index contributed by atoms with van der Waals surface area (Å²) in [7, 11) is -4.04. The number of hydrogen-bond donors (Lipinski definition) is 9. The summed E-state index contributed by atoms with van der Waals surface area (Å²) >= 11 is 4.47. The summed E-state index contributed by atoms with van der Waals surface area (Å²) in [5.41, 5.74) is 0.580. The lowest BCUT2D eigenvalue weighted by Gasteiger charge is -2.23. The minimum Gasteiger partial charge on any atom is -0.481 e. The molecule has 0 fully saturated rings. The molecule has 26 heteroatoms. The molecule has 9 N–H and O–H groups in total. The Labute approximate surface area is 323 Å². The first-order valence-corrected chi connectivity index (χ1v) is 19.6. The van der Waals surface area contributed by atoms with Crippen LogP contribution >= 0.6 is 24.0 Å². The first-order chi connectivity index (χ1) is 25.8. The van der Waals surface area contributed by atoms with Crippen LogP contribution in [0.4, 0.5) is 5.13 Å². The van der Waals surface area contributed by atoms with Gasteiger partial charge >= 0.3 is 17.9 Å². The van der Waals surface area contributed by atoms with Crippen LogP contribution in [-0.2, 0) is 61.3 Å². The third kappa shape index (κ3) is 16.9. The van der Waals surface area contributed by atoms with Crippen LogP contribution in [-0.4, -0.2) is 120 Å². The number of aliphatic carboxylic acids is 3. The highest BCUT2D eigenvalue weighted by Gasteiger charge is 2.33. The highest BCUT2D eigenvalue weighted by atomic mass is 32.2. The maximum Gasteiger partial charge on any atom is 0.327 e. The van der Waals surface area contributed by atoms with E-state index in [0.717, 1.165) is 0 Å². The standard InChI is InChI=1S/C29H42N10O13S3/c1-2-17(26(48)33-19(14-53)27(49)50)32-25(47)15(11-23(43)44)10-20(40)18(12-24(45)46)31-21(41)7-3-4-9-39-13-16(35-38-39)6-5-8-22(42)34-28-36-37-29(54-28)55(30,51)52/h13,15,17-19,53H,2-12,14H2,1H3,(H,31,41)(H,32,47)(H,33,48)(H,43,44)(H,45,46)(H,49,50)(H2,30,51,52)(H,34,36,42)/t15-,17-,18-,19-/m0/s1. The van der Waals surface area contributed by atoms with Gasteiger partial charge in [0.1, 0.15) is 12.1 Å². The van der Waals surface area contributed by atoms with Gasteiger partial charge in [-0.3, -0.25) is 38.2 Å². The lowest BCUT2D eigenvalue weighted by atomic mass is 9.93. The third-order valence-electron chi connectivity index (χ3n) is 7.54. The number of Topliss-reactive ketones (excluding diaryl/α,β-unsaturated/α-hetero) is 1. The third-order valence-corrected chi connectivity index (χ3v) is 10.1. The topological polar surface area (TPSA) is 362 Å². The summed E-state index contributed by atoms with van der Waals surface area (Å²) in [6.07, 6.45) is 0.549. The van der Waals surface area contributed by atoms with Gasteiger partial charge in [0.15, 0.2) is 5.78 Å². The normalized spacial score (nSPS) is 13.4. The lowest BCUT2D eigenvalue weighted by Crippen LogP contribution is -2.53. The van der Waals surface area contributed by atoms with Crippen LogP contribution in [0.1, 0.15) is 70.4 Å². The molecule has 4 atom stereocenters. The van der Waals surface area contributed by atoms with Gasteiger partial charge in [0.2, 0.25) is 33.1 Å². The number of nitrogens with two attached hydrogens (primary N) is 1. The van der Waals surface area contributed by atoms with Crippen LogP contribution in [0.5, 0.6) is 0 Å². The highest BCUT2D eigenvalue weighted by Crippen LogP contribution is 2.19. The number of anilines is 1. The molecule has 0 spiro atoms. The second-order valence-corrected chi connectivity index (χ2v) is 15.1. The van der Waals surface area contributed by atoms with Gasteiger partial charge in [0, 0.05) is 37.8 Å². The molecule has 0 saturated heterocycles. The Morgan fingerprint density at radius 3 is 2.07 bits per heavy atom. The van der Waals surface area contributed by atoms with E-state index in [1.165, 1.54) is 11.6 Å². The molecule has 55 heavy (non-hydrogen) atoms. The van der Waals surface area contributed by atoms with Crippen molar-refractivity contribution in [3.8, 4) is 0 Å². The zero-order valence-corrected chi connectivity index (χ0v) is 31.9. The number of hydrogen-bond acceptors (Lipinski definition) is 16. The molecule has 0 aliphatic heterocycles. The zero-order valence-electron chi connectivity index (χ0n) is 29.4. The Hall–Kier alpha value is -5.08. The Kier molecular flexibility index (Phi) is 18.7. The number of aryl methyl sites for hydroxylation is 2. The molecule has 0 aliphatic rings. The van der Waals surface area contributed by atoms with Gasteiger partial charge in [-0.15, -0.1) is 15.3 Å². The fourth-order valence-corrected chi connectivity index (χ4v) is 6.35. The SMILES string of the molecule is CC[C@H](NC(=O)[C@H](CC(=O)O)CC(=O)[C@H](CC(=O)O)NC(=O)CCCCn1cc(CCCC(=O)Nc2nnc(S(N)(=O)=O)s2)nn1)C(=O)N[C@@H](CS)C(=O)O. The number of thiol groups is 1. The van der Waals surface area contributed by atoms with E-state index in [1.54, 1.807) is 6.20 Å². The predicted molar refractivity (Wildman–Crippen MR) is 192 cm³/mol. The monoisotopic (exact) mass is 834 g/mol. The summed E-state index contributed by atoms with van der Waals surface area (Å²) in [6.45, 7) is 1.84. The smallest absolute Gasteiger partial charge is 0.327 e. The summed E-state index contributed by atoms with van der Waals surface area (Å²) in [5, 5.41) is 57.1. The van der Waals surface area contributed by atoms with Crippen LogP contribution in [0.25, 0.3) is 0 Å². The Balaban J connectivity index is 1.86. The van der Waals surface area contributed by atoms with E-state index in [1.807, 2.05) is 0 Å². The molecule has 0 aromatic carbocycles. The summed E-state index contributed by atoms with van der Waals surface area (Å²) in [6, 6.07) is -4.25. The minimum absolute atomic E-state index is 0.0168. The largest absolute Gasteiger partial charge is 0.481 e. The average Bonchev–Trinajstić information content (AvgIpc) is 3.76. The van der Waals surface area contributed by atoms with Crippen LogP contribution in [0.2, 0.25) is 0 Å². The van der Waals surface area contributed by atoms with Crippen LogP contribution < -0.4 is 26.4 Å². The number of aromatic nitrogens is 5. The molecule has 0 unspecified atom stereocenters. The van der Waals surface area contributed by atoms with Crippen LogP contribution in [0.15, 0.2) is 10.5 Å². The number of nitrogens with one attached hydrogen (secondary N) is 4.